The van der Waals surface area contributed by atoms with Crippen molar-refractivity contribution in [2.45, 2.75) is 38.3 Å². The Labute approximate surface area is 161 Å². The SMILES string of the molecule is CC(C)(C)OC(=O)C(N)(Cc1ccc(-c2cc(Cl)nc(N)n2)cc1)C(=O)O. The molecule has 0 aliphatic heterocycles. The van der Waals surface area contributed by atoms with Crippen molar-refractivity contribution in [1.82, 2.24) is 9.97 Å². The maximum Gasteiger partial charge on any atom is 0.338 e. The Hall–Kier alpha value is -2.71. The molecule has 1 atom stereocenters. The molecule has 0 saturated heterocycles. The van der Waals surface area contributed by atoms with Gasteiger partial charge in [0, 0.05) is 18.1 Å². The normalized spacial score (nSPS) is 13.7. The summed E-state index contributed by atoms with van der Waals surface area (Å²) in [7, 11) is 0. The number of nitrogen functional groups attached to an aromatic ring is 1. The maximum absolute atomic E-state index is 12.3. The van der Waals surface area contributed by atoms with Crippen molar-refractivity contribution < 1.29 is 19.4 Å². The van der Waals surface area contributed by atoms with Crippen molar-refractivity contribution in [3.8, 4) is 11.3 Å². The van der Waals surface area contributed by atoms with Crippen LogP contribution in [0.3, 0.4) is 0 Å². The van der Waals surface area contributed by atoms with E-state index < -0.39 is 23.1 Å². The largest absolute Gasteiger partial charge is 0.479 e. The fraction of sp³-hybridized carbons (Fsp3) is 0.333. The second-order valence-corrected chi connectivity index (χ2v) is 7.47. The number of carbonyl (C=O) groups excluding carboxylic acids is 1. The highest BCUT2D eigenvalue weighted by molar-refractivity contribution is 6.29. The lowest BCUT2D eigenvalue weighted by Crippen LogP contribution is -2.58. The monoisotopic (exact) mass is 392 g/mol. The van der Waals surface area contributed by atoms with E-state index in [1.807, 2.05) is 0 Å². The number of aliphatic carboxylic acids is 1. The number of hydrogen-bond acceptors (Lipinski definition) is 7. The van der Waals surface area contributed by atoms with Gasteiger partial charge in [-0.1, -0.05) is 35.9 Å². The van der Waals surface area contributed by atoms with Crippen LogP contribution in [0, 0.1) is 0 Å². The van der Waals surface area contributed by atoms with Gasteiger partial charge in [0.05, 0.1) is 5.69 Å². The third-order valence-corrected chi connectivity index (χ3v) is 3.78. The van der Waals surface area contributed by atoms with Gasteiger partial charge in [-0.2, -0.15) is 0 Å². The molecule has 1 aromatic heterocycles. The standard InChI is InChI=1S/C18H21ClN4O4/c1-17(2,3)27-15(26)18(21,14(24)25)9-10-4-6-11(7-5-10)12-8-13(19)23-16(20)22-12/h4-8H,9,21H2,1-3H3,(H,24,25)(H2,20,22,23). The van der Waals surface area contributed by atoms with Gasteiger partial charge in [0.1, 0.15) is 10.8 Å². The number of aromatic nitrogens is 2. The van der Waals surface area contributed by atoms with Gasteiger partial charge < -0.3 is 21.3 Å². The number of nitrogens with two attached hydrogens (primary N) is 2. The molecular formula is C18H21ClN4O4. The van der Waals surface area contributed by atoms with Crippen molar-refractivity contribution in [3.05, 3.63) is 41.0 Å². The molecule has 9 heteroatoms. The Kier molecular flexibility index (Phi) is 5.72. The Balaban J connectivity index is 2.27. The number of anilines is 1. The molecule has 5 N–H and O–H groups in total. The predicted octanol–water partition coefficient (Wildman–Crippen LogP) is 2.05. The maximum atomic E-state index is 12.3. The lowest BCUT2D eigenvalue weighted by Gasteiger charge is -2.28. The summed E-state index contributed by atoms with van der Waals surface area (Å²) in [5, 5.41) is 9.69. The van der Waals surface area contributed by atoms with Crippen LogP contribution >= 0.6 is 11.6 Å². The molecule has 2 aromatic rings. The Bertz CT molecular complexity index is 844. The molecule has 1 unspecified atom stereocenters. The molecule has 0 aliphatic rings. The topological polar surface area (TPSA) is 141 Å². The minimum absolute atomic E-state index is 0.0401. The first-order valence-corrected chi connectivity index (χ1v) is 8.43. The number of carboxylic acid groups (broad SMARTS) is 1. The quantitative estimate of drug-likeness (QED) is 0.398. The van der Waals surface area contributed by atoms with Crippen molar-refractivity contribution in [2.75, 3.05) is 5.73 Å². The first-order chi connectivity index (χ1) is 12.4. The summed E-state index contributed by atoms with van der Waals surface area (Å²) < 4.78 is 5.17. The number of halogens is 1. The van der Waals surface area contributed by atoms with Crippen molar-refractivity contribution in [1.29, 1.82) is 0 Å². The highest BCUT2D eigenvalue weighted by atomic mass is 35.5. The molecule has 0 spiro atoms. The molecule has 8 nitrogen and oxygen atoms in total. The highest BCUT2D eigenvalue weighted by Gasteiger charge is 2.45. The lowest BCUT2D eigenvalue weighted by atomic mass is 9.91. The third kappa shape index (κ3) is 5.15. The number of nitrogens with zero attached hydrogens (tertiary/aromatic N) is 2. The minimum atomic E-state index is -2.20. The number of hydrogen-bond donors (Lipinski definition) is 3. The van der Waals surface area contributed by atoms with Crippen LogP contribution in [0.25, 0.3) is 11.3 Å². The van der Waals surface area contributed by atoms with E-state index in [0.717, 1.165) is 0 Å². The first kappa shape index (κ1) is 20.6. The molecule has 1 heterocycles. The summed E-state index contributed by atoms with van der Waals surface area (Å²) in [6, 6.07) is 8.25. The first-order valence-electron chi connectivity index (χ1n) is 8.06. The minimum Gasteiger partial charge on any atom is -0.479 e. The number of esters is 1. The summed E-state index contributed by atoms with van der Waals surface area (Å²) in [5.41, 5.74) is 10.2. The molecule has 2 rings (SSSR count). The van der Waals surface area contributed by atoms with Crippen molar-refractivity contribution in [3.63, 3.8) is 0 Å². The number of carboxylic acids is 1. The number of ether oxygens (including phenoxy) is 1. The van der Waals surface area contributed by atoms with E-state index in [9.17, 15) is 14.7 Å². The van der Waals surface area contributed by atoms with E-state index in [1.54, 1.807) is 51.1 Å². The highest BCUT2D eigenvalue weighted by Crippen LogP contribution is 2.23. The van der Waals surface area contributed by atoms with Gasteiger partial charge in [-0.05, 0) is 26.3 Å². The molecule has 0 aliphatic carbocycles. The van der Waals surface area contributed by atoms with E-state index in [4.69, 9.17) is 27.8 Å². The van der Waals surface area contributed by atoms with Crippen LogP contribution < -0.4 is 11.5 Å². The van der Waals surface area contributed by atoms with Crippen LogP contribution in [0.5, 0.6) is 0 Å². The predicted molar refractivity (Wildman–Crippen MR) is 101 cm³/mol. The van der Waals surface area contributed by atoms with Crippen LogP contribution in [0.2, 0.25) is 5.15 Å². The summed E-state index contributed by atoms with van der Waals surface area (Å²) in [5.74, 6) is -2.42. The number of carbonyl (C=O) groups is 2. The van der Waals surface area contributed by atoms with Gasteiger partial charge in [-0.15, -0.1) is 0 Å². The molecule has 1 aromatic carbocycles. The molecule has 144 valence electrons. The molecule has 0 radical (unpaired) electrons. The zero-order chi connectivity index (χ0) is 20.4. The summed E-state index contributed by atoms with van der Waals surface area (Å²) in [4.78, 5) is 31.8. The molecule has 0 bridgehead atoms. The van der Waals surface area contributed by atoms with Crippen LogP contribution in [-0.2, 0) is 20.7 Å². The van der Waals surface area contributed by atoms with Crippen LogP contribution in [-0.4, -0.2) is 38.2 Å². The van der Waals surface area contributed by atoms with Crippen molar-refractivity contribution >= 4 is 29.5 Å². The second kappa shape index (κ2) is 7.50. The molecule has 0 fully saturated rings. The van der Waals surface area contributed by atoms with E-state index in [0.29, 0.717) is 16.8 Å². The van der Waals surface area contributed by atoms with Gasteiger partial charge in [-0.25, -0.2) is 19.6 Å². The van der Waals surface area contributed by atoms with Crippen molar-refractivity contribution in [2.24, 2.45) is 5.73 Å². The van der Waals surface area contributed by atoms with E-state index in [-0.39, 0.29) is 17.5 Å². The van der Waals surface area contributed by atoms with Crippen LogP contribution in [0.1, 0.15) is 26.3 Å². The number of benzene rings is 1. The Morgan fingerprint density at radius 2 is 1.78 bits per heavy atom. The van der Waals surface area contributed by atoms with Gasteiger partial charge in [0.15, 0.2) is 0 Å². The molecule has 0 amide bonds. The summed E-state index contributed by atoms with van der Waals surface area (Å²) in [6.07, 6.45) is -0.232. The fourth-order valence-corrected chi connectivity index (χ4v) is 2.49. The smallest absolute Gasteiger partial charge is 0.338 e. The lowest BCUT2D eigenvalue weighted by molar-refractivity contribution is -0.169. The van der Waals surface area contributed by atoms with Gasteiger partial charge in [-0.3, -0.25) is 0 Å². The Morgan fingerprint density at radius 3 is 2.26 bits per heavy atom. The second-order valence-electron chi connectivity index (χ2n) is 7.09. The summed E-state index contributed by atoms with van der Waals surface area (Å²) >= 11 is 5.88. The third-order valence-electron chi connectivity index (χ3n) is 3.59. The molecule has 27 heavy (non-hydrogen) atoms. The zero-order valence-corrected chi connectivity index (χ0v) is 15.9. The van der Waals surface area contributed by atoms with E-state index in [1.165, 1.54) is 0 Å². The molecular weight excluding hydrogens is 372 g/mol. The van der Waals surface area contributed by atoms with Gasteiger partial charge in [0.2, 0.25) is 11.5 Å². The Morgan fingerprint density at radius 1 is 1.19 bits per heavy atom. The van der Waals surface area contributed by atoms with Gasteiger partial charge >= 0.3 is 11.9 Å². The zero-order valence-electron chi connectivity index (χ0n) is 15.2. The number of rotatable bonds is 5. The average Bonchev–Trinajstić information content (AvgIpc) is 2.52. The van der Waals surface area contributed by atoms with Crippen LogP contribution in [0.4, 0.5) is 5.95 Å². The summed E-state index contributed by atoms with van der Waals surface area (Å²) in [6.45, 7) is 4.92. The fourth-order valence-electron chi connectivity index (χ4n) is 2.30. The average molecular weight is 393 g/mol. The van der Waals surface area contributed by atoms with E-state index >= 15 is 0 Å². The van der Waals surface area contributed by atoms with Gasteiger partial charge in [0.25, 0.3) is 0 Å². The van der Waals surface area contributed by atoms with E-state index in [2.05, 4.69) is 9.97 Å². The van der Waals surface area contributed by atoms with Crippen LogP contribution in [0.15, 0.2) is 30.3 Å². The molecule has 0 saturated carbocycles.